The quantitative estimate of drug-likeness (QED) is 0.662. The minimum atomic E-state index is -0.232. The molecule has 0 bridgehead atoms. The number of esters is 1. The van der Waals surface area contributed by atoms with Crippen LogP contribution < -0.4 is 5.32 Å². The Labute approximate surface area is 117 Å². The first-order chi connectivity index (χ1) is 9.20. The second-order valence-electron chi connectivity index (χ2n) is 4.43. The first-order valence-corrected chi connectivity index (χ1v) is 6.80. The van der Waals surface area contributed by atoms with Gasteiger partial charge in [0.15, 0.2) is 0 Å². The average molecular weight is 284 g/mol. The van der Waals surface area contributed by atoms with Crippen molar-refractivity contribution in [1.82, 2.24) is 15.2 Å². The zero-order valence-corrected chi connectivity index (χ0v) is 11.7. The van der Waals surface area contributed by atoms with Gasteiger partial charge in [-0.1, -0.05) is 17.7 Å². The number of nitrogens with zero attached hydrogens (tertiary/aromatic N) is 2. The summed E-state index contributed by atoms with van der Waals surface area (Å²) < 4.78 is 5.11. The maximum atomic E-state index is 11.9. The van der Waals surface area contributed by atoms with E-state index in [2.05, 4.69) is 15.2 Å². The van der Waals surface area contributed by atoms with E-state index in [0.717, 1.165) is 18.7 Å². The van der Waals surface area contributed by atoms with Gasteiger partial charge in [0.2, 0.25) is 0 Å². The predicted molar refractivity (Wildman–Crippen MR) is 72.9 cm³/mol. The highest BCUT2D eigenvalue weighted by Crippen LogP contribution is 2.12. The lowest BCUT2D eigenvalue weighted by atomic mass is 10.1. The second-order valence-corrected chi connectivity index (χ2v) is 4.82. The van der Waals surface area contributed by atoms with E-state index < -0.39 is 0 Å². The van der Waals surface area contributed by atoms with Crippen molar-refractivity contribution < 1.29 is 9.53 Å². The molecule has 1 aliphatic rings. The van der Waals surface area contributed by atoms with Crippen molar-refractivity contribution in [2.24, 2.45) is 0 Å². The summed E-state index contributed by atoms with van der Waals surface area (Å²) >= 11 is 5.77. The van der Waals surface area contributed by atoms with E-state index in [1.807, 2.05) is 13.0 Å². The number of aromatic nitrogens is 1. The summed E-state index contributed by atoms with van der Waals surface area (Å²) in [5.41, 5.74) is 1.04. The Kier molecular flexibility index (Phi) is 5.13. The molecule has 1 atom stereocenters. The summed E-state index contributed by atoms with van der Waals surface area (Å²) in [6.45, 7) is 5.21. The van der Waals surface area contributed by atoms with Gasteiger partial charge in [-0.25, -0.2) is 4.98 Å². The third-order valence-corrected chi connectivity index (χ3v) is 3.31. The van der Waals surface area contributed by atoms with Gasteiger partial charge in [-0.15, -0.1) is 0 Å². The largest absolute Gasteiger partial charge is 0.465 e. The number of carbonyl (C=O) groups is 1. The van der Waals surface area contributed by atoms with Crippen LogP contribution in [0, 0.1) is 0 Å². The van der Waals surface area contributed by atoms with Crippen molar-refractivity contribution in [3.05, 3.63) is 29.0 Å². The van der Waals surface area contributed by atoms with Gasteiger partial charge in [-0.3, -0.25) is 9.69 Å². The monoisotopic (exact) mass is 283 g/mol. The van der Waals surface area contributed by atoms with Crippen LogP contribution in [0.15, 0.2) is 18.3 Å². The summed E-state index contributed by atoms with van der Waals surface area (Å²) in [7, 11) is 0. The molecule has 2 heterocycles. The number of pyridine rings is 1. The zero-order valence-electron chi connectivity index (χ0n) is 10.9. The maximum absolute atomic E-state index is 11.9. The molecule has 0 aliphatic carbocycles. The summed E-state index contributed by atoms with van der Waals surface area (Å²) in [4.78, 5) is 18.1. The molecule has 1 aliphatic heterocycles. The van der Waals surface area contributed by atoms with Crippen LogP contribution in [0.1, 0.15) is 12.5 Å². The number of piperazine rings is 1. The van der Waals surface area contributed by atoms with Crippen LogP contribution >= 0.6 is 11.6 Å². The van der Waals surface area contributed by atoms with Crippen LogP contribution in [0.5, 0.6) is 0 Å². The van der Waals surface area contributed by atoms with Crippen LogP contribution in [0.3, 0.4) is 0 Å². The van der Waals surface area contributed by atoms with Gasteiger partial charge in [0.25, 0.3) is 0 Å². The molecule has 1 unspecified atom stereocenters. The van der Waals surface area contributed by atoms with Crippen LogP contribution in [-0.4, -0.2) is 48.1 Å². The lowest BCUT2D eigenvalue weighted by molar-refractivity contribution is -0.150. The highest BCUT2D eigenvalue weighted by molar-refractivity contribution is 6.29. The molecule has 2 rings (SSSR count). The average Bonchev–Trinajstić information content (AvgIpc) is 2.42. The van der Waals surface area contributed by atoms with Gasteiger partial charge in [0, 0.05) is 32.4 Å². The number of halogens is 1. The van der Waals surface area contributed by atoms with E-state index >= 15 is 0 Å². The highest BCUT2D eigenvalue weighted by atomic mass is 35.5. The summed E-state index contributed by atoms with van der Waals surface area (Å²) in [6, 6.07) is 3.46. The molecule has 0 amide bonds. The SMILES string of the molecule is CCOC(=O)C1CNCCN1Cc1ccc(Cl)nc1. The Hall–Kier alpha value is -1.17. The molecule has 1 N–H and O–H groups in total. The number of rotatable bonds is 4. The third-order valence-electron chi connectivity index (χ3n) is 3.09. The predicted octanol–water partition coefficient (Wildman–Crippen LogP) is 1.07. The highest BCUT2D eigenvalue weighted by Gasteiger charge is 2.29. The van der Waals surface area contributed by atoms with Crippen molar-refractivity contribution in [2.45, 2.75) is 19.5 Å². The zero-order chi connectivity index (χ0) is 13.7. The molecule has 19 heavy (non-hydrogen) atoms. The fourth-order valence-corrected chi connectivity index (χ4v) is 2.25. The Morgan fingerprint density at radius 1 is 1.63 bits per heavy atom. The van der Waals surface area contributed by atoms with Crippen LogP contribution in [0.4, 0.5) is 0 Å². The van der Waals surface area contributed by atoms with E-state index in [1.54, 1.807) is 12.3 Å². The molecule has 0 spiro atoms. The lowest BCUT2D eigenvalue weighted by Crippen LogP contribution is -2.54. The summed E-state index contributed by atoms with van der Waals surface area (Å²) in [5.74, 6) is -0.170. The number of hydrogen-bond donors (Lipinski definition) is 1. The molecule has 1 fully saturated rings. The first kappa shape index (κ1) is 14.2. The Balaban J connectivity index is 2.03. The minimum absolute atomic E-state index is 0.170. The number of ether oxygens (including phenoxy) is 1. The Morgan fingerprint density at radius 3 is 3.16 bits per heavy atom. The molecule has 0 aromatic carbocycles. The standard InChI is InChI=1S/C13H18ClN3O2/c1-2-19-13(18)11-8-15-5-6-17(11)9-10-3-4-12(14)16-7-10/h3-4,7,11,15H,2,5-6,8-9H2,1H3. The second kappa shape index (κ2) is 6.84. The maximum Gasteiger partial charge on any atom is 0.324 e. The molecule has 0 radical (unpaired) electrons. The Bertz CT molecular complexity index is 424. The van der Waals surface area contributed by atoms with E-state index in [-0.39, 0.29) is 12.0 Å². The Morgan fingerprint density at radius 2 is 2.47 bits per heavy atom. The van der Waals surface area contributed by atoms with Gasteiger partial charge in [-0.05, 0) is 18.6 Å². The van der Waals surface area contributed by atoms with Crippen molar-refractivity contribution in [2.75, 3.05) is 26.2 Å². The fourth-order valence-electron chi connectivity index (χ4n) is 2.14. The van der Waals surface area contributed by atoms with Crippen molar-refractivity contribution in [3.8, 4) is 0 Å². The van der Waals surface area contributed by atoms with Crippen LogP contribution in [0.2, 0.25) is 5.15 Å². The van der Waals surface area contributed by atoms with Crippen molar-refractivity contribution in [3.63, 3.8) is 0 Å². The molecule has 1 aromatic heterocycles. The molecule has 1 aromatic rings. The number of hydrogen-bond acceptors (Lipinski definition) is 5. The molecule has 104 valence electrons. The van der Waals surface area contributed by atoms with Gasteiger partial charge >= 0.3 is 5.97 Å². The van der Waals surface area contributed by atoms with E-state index in [4.69, 9.17) is 16.3 Å². The van der Waals surface area contributed by atoms with Gasteiger partial charge in [-0.2, -0.15) is 0 Å². The normalized spacial score (nSPS) is 20.2. The topological polar surface area (TPSA) is 54.5 Å². The smallest absolute Gasteiger partial charge is 0.324 e. The van der Waals surface area contributed by atoms with Gasteiger partial charge < -0.3 is 10.1 Å². The summed E-state index contributed by atoms with van der Waals surface area (Å²) in [5, 5.41) is 3.70. The van der Waals surface area contributed by atoms with Gasteiger partial charge in [0.05, 0.1) is 6.61 Å². The van der Waals surface area contributed by atoms with E-state index in [0.29, 0.717) is 24.8 Å². The van der Waals surface area contributed by atoms with Crippen molar-refractivity contribution >= 4 is 17.6 Å². The van der Waals surface area contributed by atoms with Crippen LogP contribution in [0.25, 0.3) is 0 Å². The molecular weight excluding hydrogens is 266 g/mol. The van der Waals surface area contributed by atoms with Crippen molar-refractivity contribution in [1.29, 1.82) is 0 Å². The molecular formula is C13H18ClN3O2. The number of nitrogens with one attached hydrogen (secondary N) is 1. The molecule has 0 saturated carbocycles. The third kappa shape index (κ3) is 3.89. The summed E-state index contributed by atoms with van der Waals surface area (Å²) in [6.07, 6.45) is 1.74. The minimum Gasteiger partial charge on any atom is -0.465 e. The van der Waals surface area contributed by atoms with E-state index in [1.165, 1.54) is 0 Å². The van der Waals surface area contributed by atoms with Gasteiger partial charge in [0.1, 0.15) is 11.2 Å². The molecule has 5 nitrogen and oxygen atoms in total. The fraction of sp³-hybridized carbons (Fsp3) is 0.538. The number of carbonyl (C=O) groups excluding carboxylic acids is 1. The first-order valence-electron chi connectivity index (χ1n) is 6.42. The molecule has 1 saturated heterocycles. The van der Waals surface area contributed by atoms with E-state index in [9.17, 15) is 4.79 Å². The lowest BCUT2D eigenvalue weighted by Gasteiger charge is -2.34. The molecule has 6 heteroatoms. The van der Waals surface area contributed by atoms with Crippen LogP contribution in [-0.2, 0) is 16.1 Å².